The first kappa shape index (κ1) is 11.0. The van der Waals surface area contributed by atoms with Gasteiger partial charge in [0.25, 0.3) is 0 Å². The van der Waals surface area contributed by atoms with Crippen molar-refractivity contribution in [3.8, 4) is 0 Å². The highest BCUT2D eigenvalue weighted by Gasteiger charge is 2.20. The van der Waals surface area contributed by atoms with E-state index in [1.54, 1.807) is 0 Å². The van der Waals surface area contributed by atoms with Crippen molar-refractivity contribution in [1.29, 1.82) is 0 Å². The first-order valence-corrected chi connectivity index (χ1v) is 6.40. The SMILES string of the molecule is CNC(CCC1CCCC1)C1=CCCO1. The summed E-state index contributed by atoms with van der Waals surface area (Å²) in [4.78, 5) is 0. The van der Waals surface area contributed by atoms with E-state index in [4.69, 9.17) is 4.74 Å². The van der Waals surface area contributed by atoms with Gasteiger partial charge >= 0.3 is 0 Å². The van der Waals surface area contributed by atoms with Gasteiger partial charge in [0.05, 0.1) is 12.6 Å². The highest BCUT2D eigenvalue weighted by Crippen LogP contribution is 2.30. The second-order valence-corrected chi connectivity index (χ2v) is 4.81. The molecule has 2 aliphatic rings. The number of likely N-dealkylation sites (N-methyl/N-ethyl adjacent to an activating group) is 1. The van der Waals surface area contributed by atoms with E-state index in [0.717, 1.165) is 18.9 Å². The summed E-state index contributed by atoms with van der Waals surface area (Å²) < 4.78 is 5.62. The van der Waals surface area contributed by atoms with Gasteiger partial charge in [-0.1, -0.05) is 25.7 Å². The van der Waals surface area contributed by atoms with Crippen LogP contribution in [0.15, 0.2) is 11.8 Å². The van der Waals surface area contributed by atoms with Gasteiger partial charge in [-0.3, -0.25) is 0 Å². The Balaban J connectivity index is 1.74. The third-order valence-electron chi connectivity index (χ3n) is 3.76. The van der Waals surface area contributed by atoms with Gasteiger partial charge in [0.1, 0.15) is 5.76 Å². The lowest BCUT2D eigenvalue weighted by Crippen LogP contribution is -2.28. The zero-order chi connectivity index (χ0) is 10.5. The molecule has 1 unspecified atom stereocenters. The van der Waals surface area contributed by atoms with Crippen molar-refractivity contribution in [2.45, 2.75) is 51.0 Å². The molecule has 1 saturated carbocycles. The van der Waals surface area contributed by atoms with Crippen LogP contribution in [0.3, 0.4) is 0 Å². The van der Waals surface area contributed by atoms with Gasteiger partial charge in [0.15, 0.2) is 0 Å². The summed E-state index contributed by atoms with van der Waals surface area (Å²) in [6.45, 7) is 0.886. The van der Waals surface area contributed by atoms with Crippen molar-refractivity contribution in [1.82, 2.24) is 5.32 Å². The molecular weight excluding hydrogens is 186 g/mol. The summed E-state index contributed by atoms with van der Waals surface area (Å²) in [5, 5.41) is 3.37. The topological polar surface area (TPSA) is 21.3 Å². The quantitative estimate of drug-likeness (QED) is 0.751. The lowest BCUT2D eigenvalue weighted by Gasteiger charge is -2.19. The molecule has 0 radical (unpaired) electrons. The normalized spacial score (nSPS) is 23.9. The maximum atomic E-state index is 5.62. The molecule has 2 nitrogen and oxygen atoms in total. The van der Waals surface area contributed by atoms with E-state index < -0.39 is 0 Å². The molecule has 1 atom stereocenters. The minimum absolute atomic E-state index is 0.466. The fraction of sp³-hybridized carbons (Fsp3) is 0.846. The molecular formula is C13H23NO. The van der Waals surface area contributed by atoms with Crippen molar-refractivity contribution in [3.63, 3.8) is 0 Å². The molecule has 1 heterocycles. The standard InChI is InChI=1S/C13H23NO/c1-14-12(13-7-4-10-15-13)9-8-11-5-2-3-6-11/h7,11-12,14H,2-6,8-10H2,1H3. The Morgan fingerprint density at radius 2 is 2.27 bits per heavy atom. The Morgan fingerprint density at radius 3 is 2.87 bits per heavy atom. The lowest BCUT2D eigenvalue weighted by molar-refractivity contribution is 0.211. The smallest absolute Gasteiger partial charge is 0.109 e. The van der Waals surface area contributed by atoms with Crippen LogP contribution in [-0.2, 0) is 4.74 Å². The van der Waals surface area contributed by atoms with E-state index in [-0.39, 0.29) is 0 Å². The van der Waals surface area contributed by atoms with Gasteiger partial charge < -0.3 is 10.1 Å². The van der Waals surface area contributed by atoms with Crippen LogP contribution in [0.5, 0.6) is 0 Å². The number of ether oxygens (including phenoxy) is 1. The Morgan fingerprint density at radius 1 is 1.47 bits per heavy atom. The molecule has 0 aromatic carbocycles. The maximum absolute atomic E-state index is 5.62. The third kappa shape index (κ3) is 2.97. The van der Waals surface area contributed by atoms with Crippen LogP contribution in [0.4, 0.5) is 0 Å². The highest BCUT2D eigenvalue weighted by molar-refractivity contribution is 5.06. The molecule has 2 rings (SSSR count). The van der Waals surface area contributed by atoms with E-state index in [9.17, 15) is 0 Å². The van der Waals surface area contributed by atoms with Crippen molar-refractivity contribution in [3.05, 3.63) is 11.8 Å². The predicted octanol–water partition coefficient (Wildman–Crippen LogP) is 2.85. The molecule has 15 heavy (non-hydrogen) atoms. The number of hydrogen-bond donors (Lipinski definition) is 1. The van der Waals surface area contributed by atoms with Gasteiger partial charge in [0, 0.05) is 6.42 Å². The summed E-state index contributed by atoms with van der Waals surface area (Å²) >= 11 is 0. The van der Waals surface area contributed by atoms with E-state index in [1.165, 1.54) is 44.3 Å². The van der Waals surface area contributed by atoms with Crippen molar-refractivity contribution < 1.29 is 4.74 Å². The first-order valence-electron chi connectivity index (χ1n) is 6.40. The minimum atomic E-state index is 0.466. The van der Waals surface area contributed by atoms with Crippen LogP contribution >= 0.6 is 0 Å². The monoisotopic (exact) mass is 209 g/mol. The average Bonchev–Trinajstić information content (AvgIpc) is 2.90. The van der Waals surface area contributed by atoms with E-state index in [0.29, 0.717) is 6.04 Å². The summed E-state index contributed by atoms with van der Waals surface area (Å²) in [7, 11) is 2.04. The van der Waals surface area contributed by atoms with E-state index in [1.807, 2.05) is 7.05 Å². The van der Waals surface area contributed by atoms with Gasteiger partial charge in [-0.2, -0.15) is 0 Å². The van der Waals surface area contributed by atoms with E-state index in [2.05, 4.69) is 11.4 Å². The maximum Gasteiger partial charge on any atom is 0.109 e. The molecule has 1 fully saturated rings. The lowest BCUT2D eigenvalue weighted by atomic mass is 9.98. The van der Waals surface area contributed by atoms with Gasteiger partial charge in [0.2, 0.25) is 0 Å². The molecule has 0 amide bonds. The van der Waals surface area contributed by atoms with Crippen LogP contribution < -0.4 is 5.32 Å². The zero-order valence-corrected chi connectivity index (χ0v) is 9.80. The van der Waals surface area contributed by atoms with Gasteiger partial charge in [-0.05, 0) is 31.9 Å². The second kappa shape index (κ2) is 5.55. The Bertz CT molecular complexity index is 219. The Hall–Kier alpha value is -0.500. The Kier molecular flexibility index (Phi) is 4.07. The average molecular weight is 209 g/mol. The Labute approximate surface area is 93.1 Å². The summed E-state index contributed by atoms with van der Waals surface area (Å²) in [5.41, 5.74) is 0. The number of nitrogens with one attached hydrogen (secondary N) is 1. The molecule has 0 spiro atoms. The fourth-order valence-corrected chi connectivity index (χ4v) is 2.81. The molecule has 86 valence electrons. The second-order valence-electron chi connectivity index (χ2n) is 4.81. The predicted molar refractivity (Wildman–Crippen MR) is 62.7 cm³/mol. The highest BCUT2D eigenvalue weighted by atomic mass is 16.5. The minimum Gasteiger partial charge on any atom is -0.496 e. The van der Waals surface area contributed by atoms with Crippen LogP contribution in [0.25, 0.3) is 0 Å². The molecule has 2 heteroatoms. The van der Waals surface area contributed by atoms with Gasteiger partial charge in [-0.25, -0.2) is 0 Å². The first-order chi connectivity index (χ1) is 7.40. The summed E-state index contributed by atoms with van der Waals surface area (Å²) in [6.07, 6.45) is 11.8. The van der Waals surface area contributed by atoms with Crippen LogP contribution in [0, 0.1) is 5.92 Å². The van der Waals surface area contributed by atoms with Crippen molar-refractivity contribution in [2.24, 2.45) is 5.92 Å². The summed E-state index contributed by atoms with van der Waals surface area (Å²) in [5.74, 6) is 2.18. The fourth-order valence-electron chi connectivity index (χ4n) is 2.81. The third-order valence-corrected chi connectivity index (χ3v) is 3.76. The number of hydrogen-bond acceptors (Lipinski definition) is 2. The molecule has 1 aliphatic carbocycles. The van der Waals surface area contributed by atoms with E-state index >= 15 is 0 Å². The summed E-state index contributed by atoms with van der Waals surface area (Å²) in [6, 6.07) is 0.466. The van der Waals surface area contributed by atoms with Crippen LogP contribution in [-0.4, -0.2) is 19.7 Å². The van der Waals surface area contributed by atoms with Gasteiger partial charge in [-0.15, -0.1) is 0 Å². The molecule has 1 aliphatic heterocycles. The molecule has 1 N–H and O–H groups in total. The molecule has 0 aromatic rings. The molecule has 0 saturated heterocycles. The van der Waals surface area contributed by atoms with Crippen molar-refractivity contribution >= 4 is 0 Å². The largest absolute Gasteiger partial charge is 0.496 e. The number of rotatable bonds is 5. The molecule has 0 bridgehead atoms. The molecule has 0 aromatic heterocycles. The zero-order valence-electron chi connectivity index (χ0n) is 9.80. The van der Waals surface area contributed by atoms with Crippen LogP contribution in [0.2, 0.25) is 0 Å². The van der Waals surface area contributed by atoms with Crippen LogP contribution in [0.1, 0.15) is 44.9 Å². The van der Waals surface area contributed by atoms with Crippen molar-refractivity contribution in [2.75, 3.05) is 13.7 Å².